The third-order valence-corrected chi connectivity index (χ3v) is 4.53. The van der Waals surface area contributed by atoms with Crippen molar-refractivity contribution >= 4 is 29.4 Å². The average molecular weight is 419 g/mol. The van der Waals surface area contributed by atoms with Crippen LogP contribution in [0.4, 0.5) is 5.69 Å². The van der Waals surface area contributed by atoms with E-state index in [0.29, 0.717) is 38.0 Å². The van der Waals surface area contributed by atoms with E-state index < -0.39 is 24.0 Å². The van der Waals surface area contributed by atoms with Crippen LogP contribution < -0.4 is 32.7 Å². The van der Waals surface area contributed by atoms with Gasteiger partial charge in [0.05, 0.1) is 25.0 Å². The van der Waals surface area contributed by atoms with Crippen LogP contribution >= 0.6 is 0 Å². The van der Waals surface area contributed by atoms with Crippen molar-refractivity contribution in [3.8, 4) is 0 Å². The summed E-state index contributed by atoms with van der Waals surface area (Å²) in [5.74, 6) is -1.82. The second-order valence-corrected chi connectivity index (χ2v) is 6.94. The van der Waals surface area contributed by atoms with Crippen LogP contribution in [-0.2, 0) is 14.4 Å². The number of carboxylic acids is 1. The van der Waals surface area contributed by atoms with Crippen LogP contribution in [0.1, 0.15) is 30.9 Å². The monoisotopic (exact) mass is 419 g/mol. The third kappa shape index (κ3) is 7.95. The van der Waals surface area contributed by atoms with Crippen LogP contribution in [0.25, 0.3) is 0 Å². The van der Waals surface area contributed by atoms with E-state index in [9.17, 15) is 19.5 Å². The molecule has 1 aliphatic rings. The van der Waals surface area contributed by atoms with Crippen LogP contribution in [0.15, 0.2) is 29.3 Å². The van der Waals surface area contributed by atoms with Crippen LogP contribution in [-0.4, -0.2) is 61.1 Å². The Hall–Kier alpha value is -3.34. The van der Waals surface area contributed by atoms with Gasteiger partial charge >= 0.3 is 5.97 Å². The van der Waals surface area contributed by atoms with Gasteiger partial charge in [0.25, 0.3) is 0 Å². The highest BCUT2D eigenvalue weighted by Gasteiger charge is 2.21. The molecule has 0 fully saturated rings. The molecule has 2 atom stereocenters. The standard InChI is InChI=1S/C19H29N7O4/c20-19(21)24-6-2-5-14-18(30)25-11-16(27)26-15(10-17(28)29)12-3-1-4-13(9-12)22-7-8-23-14/h1,3-4,9,14-15,22-23H,2,5-8,10-11H2,(H,25,30)(H,26,27)(H,28,29)(H4,20,21,24). The molecule has 0 aromatic heterocycles. The quantitative estimate of drug-likeness (QED) is 0.172. The molecule has 1 aromatic rings. The molecule has 164 valence electrons. The lowest BCUT2D eigenvalue weighted by atomic mass is 10.0. The lowest BCUT2D eigenvalue weighted by molar-refractivity contribution is -0.138. The number of hydrogen-bond donors (Lipinski definition) is 7. The van der Waals surface area contributed by atoms with Gasteiger partial charge in [-0.15, -0.1) is 0 Å². The van der Waals surface area contributed by atoms with Gasteiger partial charge in [-0.1, -0.05) is 12.1 Å². The number of nitrogens with one attached hydrogen (secondary N) is 4. The molecule has 0 radical (unpaired) electrons. The minimum absolute atomic E-state index is 0.00238. The van der Waals surface area contributed by atoms with Gasteiger partial charge in [0.1, 0.15) is 0 Å². The maximum absolute atomic E-state index is 12.5. The molecule has 0 saturated carbocycles. The Morgan fingerprint density at radius 3 is 2.70 bits per heavy atom. The van der Waals surface area contributed by atoms with Gasteiger partial charge in [-0.25, -0.2) is 0 Å². The summed E-state index contributed by atoms with van der Waals surface area (Å²) in [4.78, 5) is 40.0. The number of carboxylic acid groups (broad SMARTS) is 1. The number of amides is 2. The summed E-state index contributed by atoms with van der Waals surface area (Å²) in [5, 5.41) is 20.9. The fourth-order valence-corrected chi connectivity index (χ4v) is 3.11. The molecule has 1 aromatic carbocycles. The second kappa shape index (κ2) is 11.6. The predicted octanol–water partition coefficient (Wildman–Crippen LogP) is -1.13. The van der Waals surface area contributed by atoms with Gasteiger partial charge in [0.15, 0.2) is 5.96 Å². The fraction of sp³-hybridized carbons (Fsp3) is 0.474. The SMILES string of the molecule is NC(N)=NCCCC1NCCNc2cccc(c2)C(CC(=O)O)NC(=O)CNC1=O. The first-order chi connectivity index (χ1) is 14.3. The van der Waals surface area contributed by atoms with E-state index >= 15 is 0 Å². The molecule has 0 saturated heterocycles. The first-order valence-corrected chi connectivity index (χ1v) is 9.76. The van der Waals surface area contributed by atoms with Crippen molar-refractivity contribution in [3.63, 3.8) is 0 Å². The van der Waals surface area contributed by atoms with Crippen LogP contribution in [0.2, 0.25) is 0 Å². The number of guanidine groups is 1. The zero-order chi connectivity index (χ0) is 21.9. The van der Waals surface area contributed by atoms with Gasteiger partial charge in [0, 0.05) is 25.3 Å². The Bertz CT molecular complexity index is 780. The summed E-state index contributed by atoms with van der Waals surface area (Å²) in [6.07, 6.45) is 0.810. The molecular weight excluding hydrogens is 390 g/mol. The summed E-state index contributed by atoms with van der Waals surface area (Å²) < 4.78 is 0. The van der Waals surface area contributed by atoms with E-state index in [1.165, 1.54) is 0 Å². The molecule has 30 heavy (non-hydrogen) atoms. The Kier molecular flexibility index (Phi) is 8.88. The molecule has 2 bridgehead atoms. The highest BCUT2D eigenvalue weighted by atomic mass is 16.4. The molecule has 9 N–H and O–H groups in total. The van der Waals surface area contributed by atoms with Crippen LogP contribution in [0, 0.1) is 0 Å². The Morgan fingerprint density at radius 1 is 1.17 bits per heavy atom. The molecular formula is C19H29N7O4. The van der Waals surface area contributed by atoms with E-state index in [4.69, 9.17) is 11.5 Å². The van der Waals surface area contributed by atoms with Gasteiger partial charge in [-0.3, -0.25) is 19.4 Å². The average Bonchev–Trinajstić information content (AvgIpc) is 2.69. The maximum Gasteiger partial charge on any atom is 0.305 e. The molecule has 11 heteroatoms. The number of benzene rings is 1. The zero-order valence-electron chi connectivity index (χ0n) is 16.7. The van der Waals surface area contributed by atoms with Gasteiger partial charge < -0.3 is 37.8 Å². The second-order valence-electron chi connectivity index (χ2n) is 6.94. The number of nitrogens with zero attached hydrogens (tertiary/aromatic N) is 1. The summed E-state index contributed by atoms with van der Waals surface area (Å²) >= 11 is 0. The lowest BCUT2D eigenvalue weighted by Crippen LogP contribution is -2.48. The topological polar surface area (TPSA) is 184 Å². The van der Waals surface area contributed by atoms with Gasteiger partial charge in [0.2, 0.25) is 11.8 Å². The molecule has 0 aliphatic carbocycles. The van der Waals surface area contributed by atoms with Crippen LogP contribution in [0.5, 0.6) is 0 Å². The number of anilines is 1. The van der Waals surface area contributed by atoms with Crippen molar-refractivity contribution in [2.75, 3.05) is 31.5 Å². The number of nitrogens with two attached hydrogens (primary N) is 2. The van der Waals surface area contributed by atoms with Gasteiger partial charge in [-0.05, 0) is 30.5 Å². The van der Waals surface area contributed by atoms with Crippen molar-refractivity contribution in [1.82, 2.24) is 16.0 Å². The van der Waals surface area contributed by atoms with Crippen molar-refractivity contribution in [3.05, 3.63) is 29.8 Å². The summed E-state index contributed by atoms with van der Waals surface area (Å²) in [5.41, 5.74) is 12.1. The molecule has 1 aliphatic heterocycles. The predicted molar refractivity (Wildman–Crippen MR) is 113 cm³/mol. The van der Waals surface area contributed by atoms with E-state index in [-0.39, 0.29) is 24.8 Å². The largest absolute Gasteiger partial charge is 0.481 e. The van der Waals surface area contributed by atoms with Crippen molar-refractivity contribution in [1.29, 1.82) is 0 Å². The van der Waals surface area contributed by atoms with E-state index in [2.05, 4.69) is 26.3 Å². The summed E-state index contributed by atoms with van der Waals surface area (Å²) in [7, 11) is 0. The number of aliphatic imine (C=N–C) groups is 1. The Morgan fingerprint density at radius 2 is 1.97 bits per heavy atom. The number of carbonyl (C=O) groups excluding carboxylic acids is 2. The van der Waals surface area contributed by atoms with E-state index in [1.807, 2.05) is 12.1 Å². The summed E-state index contributed by atoms with van der Waals surface area (Å²) in [6, 6.07) is 6.00. The Balaban J connectivity index is 2.11. The Labute approximate surface area is 174 Å². The van der Waals surface area contributed by atoms with Crippen LogP contribution in [0.3, 0.4) is 0 Å². The molecule has 2 rings (SSSR count). The molecule has 2 amide bonds. The number of rotatable bonds is 6. The first-order valence-electron chi connectivity index (χ1n) is 9.76. The molecule has 1 heterocycles. The summed E-state index contributed by atoms with van der Waals surface area (Å²) in [6.45, 7) is 1.21. The van der Waals surface area contributed by atoms with Gasteiger partial charge in [-0.2, -0.15) is 0 Å². The zero-order valence-corrected chi connectivity index (χ0v) is 16.7. The molecule has 0 spiro atoms. The number of aliphatic carboxylic acids is 1. The fourth-order valence-electron chi connectivity index (χ4n) is 3.11. The smallest absolute Gasteiger partial charge is 0.305 e. The number of carbonyl (C=O) groups is 3. The van der Waals surface area contributed by atoms with Crippen molar-refractivity contribution in [2.24, 2.45) is 16.5 Å². The maximum atomic E-state index is 12.5. The van der Waals surface area contributed by atoms with Crippen molar-refractivity contribution in [2.45, 2.75) is 31.3 Å². The number of fused-ring (bicyclic) bond motifs is 2. The lowest BCUT2D eigenvalue weighted by Gasteiger charge is -2.22. The van der Waals surface area contributed by atoms with E-state index in [0.717, 1.165) is 5.69 Å². The number of hydrogen-bond acceptors (Lipinski definition) is 6. The van der Waals surface area contributed by atoms with Crippen molar-refractivity contribution < 1.29 is 19.5 Å². The van der Waals surface area contributed by atoms with E-state index in [1.54, 1.807) is 12.1 Å². The minimum atomic E-state index is -1.03. The normalized spacial score (nSPS) is 20.1. The highest BCUT2D eigenvalue weighted by Crippen LogP contribution is 2.20. The third-order valence-electron chi connectivity index (χ3n) is 4.53. The molecule has 2 unspecified atom stereocenters. The highest BCUT2D eigenvalue weighted by molar-refractivity contribution is 5.87. The molecule has 11 nitrogen and oxygen atoms in total. The minimum Gasteiger partial charge on any atom is -0.481 e. The first kappa shape index (κ1) is 22.9.